The highest BCUT2D eigenvalue weighted by Crippen LogP contribution is 2.26. The predicted octanol–water partition coefficient (Wildman–Crippen LogP) is 4.53. The summed E-state index contributed by atoms with van der Waals surface area (Å²) in [5, 5.41) is 10.8. The number of aromatic nitrogens is 3. The van der Waals surface area contributed by atoms with E-state index >= 15 is 0 Å². The molecule has 3 rings (SSSR count). The van der Waals surface area contributed by atoms with Crippen molar-refractivity contribution in [3.8, 4) is 11.4 Å². The highest BCUT2D eigenvalue weighted by atomic mass is 79.9. The monoisotopic (exact) mass is 394 g/mol. The van der Waals surface area contributed by atoms with Crippen molar-refractivity contribution < 1.29 is 8.78 Å². The van der Waals surface area contributed by atoms with E-state index in [1.807, 2.05) is 24.3 Å². The fraction of sp³-hybridized carbons (Fsp3) is 0. The molecule has 0 aliphatic heterocycles. The molecule has 23 heavy (non-hydrogen) atoms. The van der Waals surface area contributed by atoms with E-state index in [9.17, 15) is 8.78 Å². The number of nitrogens with zero attached hydrogens (tertiary/aromatic N) is 3. The van der Waals surface area contributed by atoms with Gasteiger partial charge in [-0.25, -0.2) is 13.9 Å². The largest absolute Gasteiger partial charge is 0.250 e. The minimum atomic E-state index is -0.703. The number of H-pyrrole nitrogens is 1. The van der Waals surface area contributed by atoms with Gasteiger partial charge in [0.25, 0.3) is 0 Å². The molecule has 8 heteroatoms. The Morgan fingerprint density at radius 1 is 1.13 bits per heavy atom. The summed E-state index contributed by atoms with van der Waals surface area (Å²) in [5.41, 5.74) is 0.500. The Bertz CT molecular complexity index is 928. The minimum absolute atomic E-state index is 0.212. The molecule has 2 aromatic carbocycles. The Morgan fingerprint density at radius 2 is 1.83 bits per heavy atom. The van der Waals surface area contributed by atoms with Crippen LogP contribution in [0.1, 0.15) is 5.56 Å². The molecule has 116 valence electrons. The lowest BCUT2D eigenvalue weighted by atomic mass is 10.2. The van der Waals surface area contributed by atoms with Gasteiger partial charge in [0.05, 0.1) is 11.8 Å². The normalized spacial score (nSPS) is 11.3. The van der Waals surface area contributed by atoms with Crippen LogP contribution in [-0.2, 0) is 0 Å². The lowest BCUT2D eigenvalue weighted by Crippen LogP contribution is -1.98. The summed E-state index contributed by atoms with van der Waals surface area (Å²) in [6, 6.07) is 11.0. The molecule has 0 amide bonds. The van der Waals surface area contributed by atoms with Crippen LogP contribution in [0.2, 0.25) is 0 Å². The Balaban J connectivity index is 2.09. The summed E-state index contributed by atoms with van der Waals surface area (Å²) < 4.78 is 29.7. The molecule has 1 N–H and O–H groups in total. The SMILES string of the molecule is Fc1cccc(F)c1/C=N\n1c(-c2ccccc2Br)n[nH]c1=S. The van der Waals surface area contributed by atoms with E-state index < -0.39 is 11.6 Å². The van der Waals surface area contributed by atoms with Gasteiger partial charge in [0.2, 0.25) is 4.77 Å². The first-order chi connectivity index (χ1) is 11.1. The van der Waals surface area contributed by atoms with E-state index in [0.717, 1.165) is 28.4 Å². The summed E-state index contributed by atoms with van der Waals surface area (Å²) >= 11 is 8.55. The van der Waals surface area contributed by atoms with Gasteiger partial charge in [0.1, 0.15) is 11.6 Å². The third kappa shape index (κ3) is 3.13. The summed E-state index contributed by atoms with van der Waals surface area (Å²) in [6.07, 6.45) is 1.08. The molecular weight excluding hydrogens is 386 g/mol. The van der Waals surface area contributed by atoms with Crippen LogP contribution < -0.4 is 0 Å². The summed E-state index contributed by atoms with van der Waals surface area (Å²) in [4.78, 5) is 0. The zero-order valence-electron chi connectivity index (χ0n) is 11.5. The van der Waals surface area contributed by atoms with E-state index in [-0.39, 0.29) is 10.3 Å². The number of benzene rings is 2. The topological polar surface area (TPSA) is 46.0 Å². The standard InChI is InChI=1S/C15H9BrF2N4S/c16-11-5-2-1-4-9(11)14-20-21-15(23)22(14)19-8-10-12(17)6-3-7-13(10)18/h1-8H,(H,21,23)/b19-8-. The fourth-order valence-electron chi connectivity index (χ4n) is 1.97. The van der Waals surface area contributed by atoms with Crippen LogP contribution in [0.4, 0.5) is 8.78 Å². The number of halogens is 3. The summed E-state index contributed by atoms with van der Waals surface area (Å²) in [5.74, 6) is -0.979. The molecule has 0 aliphatic carbocycles. The van der Waals surface area contributed by atoms with Crippen molar-refractivity contribution in [2.24, 2.45) is 5.10 Å². The van der Waals surface area contributed by atoms with E-state index in [4.69, 9.17) is 12.2 Å². The van der Waals surface area contributed by atoms with Crippen LogP contribution in [0.25, 0.3) is 11.4 Å². The van der Waals surface area contributed by atoms with Gasteiger partial charge in [-0.3, -0.25) is 0 Å². The molecule has 0 aliphatic rings. The second kappa shape index (κ2) is 6.51. The van der Waals surface area contributed by atoms with Gasteiger partial charge in [-0.05, 0) is 36.5 Å². The lowest BCUT2D eigenvalue weighted by Gasteiger charge is -2.03. The third-order valence-electron chi connectivity index (χ3n) is 3.07. The molecule has 0 atom stereocenters. The molecule has 0 saturated heterocycles. The first kappa shape index (κ1) is 15.7. The van der Waals surface area contributed by atoms with Gasteiger partial charge in [-0.2, -0.15) is 14.9 Å². The van der Waals surface area contributed by atoms with Gasteiger partial charge in [-0.1, -0.05) is 34.1 Å². The third-order valence-corrected chi connectivity index (χ3v) is 4.02. The van der Waals surface area contributed by atoms with E-state index in [0.29, 0.717) is 5.82 Å². The zero-order valence-corrected chi connectivity index (χ0v) is 13.9. The molecule has 0 bridgehead atoms. The zero-order chi connectivity index (χ0) is 16.4. The maximum absolute atomic E-state index is 13.7. The molecule has 3 aromatic rings. The summed E-state index contributed by atoms with van der Waals surface area (Å²) in [7, 11) is 0. The molecule has 0 fully saturated rings. The molecule has 1 heterocycles. The second-order valence-corrected chi connectivity index (χ2v) is 5.76. The van der Waals surface area contributed by atoms with E-state index in [1.54, 1.807) is 0 Å². The smallest absolute Gasteiger partial charge is 0.216 e. The Hall–Kier alpha value is -2.19. The molecule has 0 spiro atoms. The lowest BCUT2D eigenvalue weighted by molar-refractivity contribution is 0.580. The van der Waals surface area contributed by atoms with Crippen LogP contribution in [0.15, 0.2) is 52.0 Å². The molecular formula is C15H9BrF2N4S. The predicted molar refractivity (Wildman–Crippen MR) is 89.9 cm³/mol. The van der Waals surface area contributed by atoms with Crippen molar-refractivity contribution in [2.75, 3.05) is 0 Å². The number of rotatable bonds is 3. The number of hydrogen-bond donors (Lipinski definition) is 1. The average Bonchev–Trinajstić information content (AvgIpc) is 2.88. The maximum Gasteiger partial charge on any atom is 0.216 e. The minimum Gasteiger partial charge on any atom is -0.250 e. The van der Waals surface area contributed by atoms with Gasteiger partial charge < -0.3 is 0 Å². The van der Waals surface area contributed by atoms with E-state index in [1.165, 1.54) is 10.7 Å². The van der Waals surface area contributed by atoms with Crippen LogP contribution in [0.3, 0.4) is 0 Å². The number of aromatic amines is 1. The second-order valence-electron chi connectivity index (χ2n) is 4.52. The van der Waals surface area contributed by atoms with Crippen molar-refractivity contribution in [3.63, 3.8) is 0 Å². The maximum atomic E-state index is 13.7. The number of nitrogens with one attached hydrogen (secondary N) is 1. The van der Waals surface area contributed by atoms with Crippen molar-refractivity contribution in [3.05, 3.63) is 68.9 Å². The molecule has 0 radical (unpaired) electrons. The van der Waals surface area contributed by atoms with Gasteiger partial charge in [-0.15, -0.1) is 0 Å². The molecule has 4 nitrogen and oxygen atoms in total. The molecule has 0 saturated carbocycles. The van der Waals surface area contributed by atoms with Crippen LogP contribution in [0, 0.1) is 16.4 Å². The first-order valence-corrected chi connectivity index (χ1v) is 7.68. The fourth-order valence-corrected chi connectivity index (χ4v) is 2.61. The first-order valence-electron chi connectivity index (χ1n) is 6.48. The Morgan fingerprint density at radius 3 is 2.52 bits per heavy atom. The highest BCUT2D eigenvalue weighted by Gasteiger charge is 2.12. The van der Waals surface area contributed by atoms with E-state index in [2.05, 4.69) is 31.2 Å². The highest BCUT2D eigenvalue weighted by molar-refractivity contribution is 9.10. The van der Waals surface area contributed by atoms with Gasteiger partial charge in [0.15, 0.2) is 5.82 Å². The van der Waals surface area contributed by atoms with Gasteiger partial charge in [0, 0.05) is 10.0 Å². The van der Waals surface area contributed by atoms with Crippen LogP contribution >= 0.6 is 28.1 Å². The van der Waals surface area contributed by atoms with Crippen molar-refractivity contribution >= 4 is 34.4 Å². The van der Waals surface area contributed by atoms with Gasteiger partial charge >= 0.3 is 0 Å². The molecule has 0 unspecified atom stereocenters. The summed E-state index contributed by atoms with van der Waals surface area (Å²) in [6.45, 7) is 0. The van der Waals surface area contributed by atoms with Crippen LogP contribution in [-0.4, -0.2) is 21.1 Å². The van der Waals surface area contributed by atoms with Crippen molar-refractivity contribution in [2.45, 2.75) is 0 Å². The Labute approximate surface area is 143 Å². The number of hydrogen-bond acceptors (Lipinski definition) is 3. The van der Waals surface area contributed by atoms with Crippen molar-refractivity contribution in [1.82, 2.24) is 14.9 Å². The molecule has 1 aromatic heterocycles. The average molecular weight is 395 g/mol. The van der Waals surface area contributed by atoms with Crippen molar-refractivity contribution in [1.29, 1.82) is 0 Å². The quantitative estimate of drug-likeness (QED) is 0.523. The van der Waals surface area contributed by atoms with Crippen LogP contribution in [0.5, 0.6) is 0 Å². The Kier molecular flexibility index (Phi) is 4.44.